The molecule has 2 aliphatic carbocycles. The first-order chi connectivity index (χ1) is 13.4. The van der Waals surface area contributed by atoms with Crippen molar-refractivity contribution < 1.29 is 34.4 Å². The fourth-order valence-corrected chi connectivity index (χ4v) is 4.79. The molecule has 1 aliphatic heterocycles. The van der Waals surface area contributed by atoms with E-state index in [-0.39, 0.29) is 29.8 Å². The van der Waals surface area contributed by atoms with Crippen molar-refractivity contribution in [1.82, 2.24) is 4.90 Å². The lowest BCUT2D eigenvalue weighted by atomic mass is 9.77. The molecule has 0 radical (unpaired) electrons. The predicted molar refractivity (Wildman–Crippen MR) is 105 cm³/mol. The van der Waals surface area contributed by atoms with Gasteiger partial charge in [-0.2, -0.15) is 0 Å². The number of ether oxygens (including phenoxy) is 1. The van der Waals surface area contributed by atoms with E-state index in [4.69, 9.17) is 14.9 Å². The van der Waals surface area contributed by atoms with Crippen molar-refractivity contribution in [3.8, 4) is 0 Å². The summed E-state index contributed by atoms with van der Waals surface area (Å²) in [6.07, 6.45) is 4.74. The van der Waals surface area contributed by atoms with Gasteiger partial charge in [-0.15, -0.1) is 0 Å². The van der Waals surface area contributed by atoms with E-state index in [1.54, 1.807) is 0 Å². The van der Waals surface area contributed by atoms with E-state index in [1.807, 2.05) is 21.0 Å². The Labute approximate surface area is 170 Å². The highest BCUT2D eigenvalue weighted by molar-refractivity contribution is 5.89. The van der Waals surface area contributed by atoms with Gasteiger partial charge in [0.05, 0.1) is 11.5 Å². The number of nitrogens with zero attached hydrogens (tertiary/aromatic N) is 1. The maximum absolute atomic E-state index is 12.3. The number of allylic oxidation sites excluding steroid dienone is 1. The number of aliphatic carboxylic acids is 2. The zero-order chi connectivity index (χ0) is 21.9. The third-order valence-corrected chi connectivity index (χ3v) is 6.10. The van der Waals surface area contributed by atoms with Gasteiger partial charge >= 0.3 is 17.9 Å². The Kier molecular flexibility index (Phi) is 7.24. The highest BCUT2D eigenvalue weighted by Crippen LogP contribution is 2.52. The highest BCUT2D eigenvalue weighted by atomic mass is 16.6. The molecule has 5 atom stereocenters. The number of aliphatic hydroxyl groups is 1. The van der Waals surface area contributed by atoms with E-state index in [9.17, 15) is 19.5 Å². The van der Waals surface area contributed by atoms with Crippen LogP contribution in [0, 0.1) is 17.8 Å². The second-order valence-electron chi connectivity index (χ2n) is 8.62. The van der Waals surface area contributed by atoms with Gasteiger partial charge in [0.25, 0.3) is 0 Å². The van der Waals surface area contributed by atoms with Crippen LogP contribution in [0.15, 0.2) is 23.3 Å². The fraction of sp³-hybridized carbons (Fsp3) is 0.667. The molecule has 0 spiro atoms. The number of rotatable bonds is 4. The summed E-state index contributed by atoms with van der Waals surface area (Å²) in [7, 11) is 4.00. The van der Waals surface area contributed by atoms with Gasteiger partial charge in [-0.25, -0.2) is 9.59 Å². The predicted octanol–water partition coefficient (Wildman–Crippen LogP) is 1.69. The monoisotopic (exact) mass is 409 g/mol. The van der Waals surface area contributed by atoms with Crippen molar-refractivity contribution in [2.45, 2.75) is 51.2 Å². The summed E-state index contributed by atoms with van der Waals surface area (Å²) in [4.78, 5) is 33.5. The lowest BCUT2D eigenvalue weighted by molar-refractivity contribution is -0.148. The van der Waals surface area contributed by atoms with Gasteiger partial charge in [-0.1, -0.05) is 11.1 Å². The molecule has 0 unspecified atom stereocenters. The number of fused-ring (bicyclic) bond motifs is 3. The van der Waals surface area contributed by atoms with Crippen LogP contribution in [0.2, 0.25) is 0 Å². The lowest BCUT2D eigenvalue weighted by Gasteiger charge is -2.33. The SMILES string of the molecule is CC1=C2CC[C@@](C)(O)[C@@H]2[C@H]2OC(=O)[C@@H](CN(C)C)[C@@H]2CC1.O=C(O)/C=C/C(=O)O. The number of carbonyl (C=O) groups excluding carboxylic acids is 1. The summed E-state index contributed by atoms with van der Waals surface area (Å²) in [6.45, 7) is 4.84. The number of hydrogen-bond acceptors (Lipinski definition) is 6. The standard InChI is InChI=1S/C17H27NO3.C4H4O4/c1-10-5-6-12-13(9-18(3)4)16(19)21-15(12)14-11(10)7-8-17(14,2)20;5-3(6)1-2-4(7)8/h12-15,20H,5-9H2,1-4H3;1-2H,(H,5,6)(H,7,8)/b;2-1+/t12-,13-,14-,15-,17+;/m0./s1. The number of carbonyl (C=O) groups is 3. The van der Waals surface area contributed by atoms with Crippen LogP contribution in [0.4, 0.5) is 0 Å². The van der Waals surface area contributed by atoms with Crippen molar-refractivity contribution in [1.29, 1.82) is 0 Å². The number of esters is 1. The topological polar surface area (TPSA) is 124 Å². The Morgan fingerprint density at radius 3 is 2.31 bits per heavy atom. The molecule has 8 heteroatoms. The molecule has 0 aromatic rings. The van der Waals surface area contributed by atoms with Crippen LogP contribution in [-0.4, -0.2) is 70.5 Å². The lowest BCUT2D eigenvalue weighted by Crippen LogP contribution is -2.41. The van der Waals surface area contributed by atoms with Crippen LogP contribution in [-0.2, 0) is 19.1 Å². The average Bonchev–Trinajstić information content (AvgIpc) is 3.02. The molecule has 3 rings (SSSR count). The molecule has 3 aliphatic rings. The minimum Gasteiger partial charge on any atom is -0.478 e. The third kappa shape index (κ3) is 5.45. The molecule has 3 N–H and O–H groups in total. The molecule has 162 valence electrons. The van der Waals surface area contributed by atoms with E-state index in [1.165, 1.54) is 11.1 Å². The third-order valence-electron chi connectivity index (χ3n) is 6.10. The molecular weight excluding hydrogens is 378 g/mol. The second-order valence-corrected chi connectivity index (χ2v) is 8.62. The van der Waals surface area contributed by atoms with E-state index in [2.05, 4.69) is 11.8 Å². The molecule has 0 amide bonds. The van der Waals surface area contributed by atoms with Crippen LogP contribution in [0.3, 0.4) is 0 Å². The molecule has 1 saturated carbocycles. The van der Waals surface area contributed by atoms with Crippen LogP contribution in [0.1, 0.15) is 39.5 Å². The number of hydrogen-bond donors (Lipinski definition) is 3. The van der Waals surface area contributed by atoms with Gasteiger partial charge in [-0.3, -0.25) is 4.79 Å². The molecule has 8 nitrogen and oxygen atoms in total. The summed E-state index contributed by atoms with van der Waals surface area (Å²) in [6, 6.07) is 0. The smallest absolute Gasteiger partial charge is 0.328 e. The van der Waals surface area contributed by atoms with E-state index in [0.29, 0.717) is 12.2 Å². The number of carboxylic acids is 2. The van der Waals surface area contributed by atoms with Gasteiger partial charge in [0.15, 0.2) is 0 Å². The molecule has 1 heterocycles. The molecule has 0 aromatic heterocycles. The summed E-state index contributed by atoms with van der Waals surface area (Å²) in [5, 5.41) is 26.4. The zero-order valence-corrected chi connectivity index (χ0v) is 17.4. The van der Waals surface area contributed by atoms with Crippen molar-refractivity contribution in [2.75, 3.05) is 20.6 Å². The summed E-state index contributed by atoms with van der Waals surface area (Å²) >= 11 is 0. The maximum Gasteiger partial charge on any atom is 0.328 e. The Morgan fingerprint density at radius 2 is 1.79 bits per heavy atom. The first kappa shape index (κ1) is 23.1. The quantitative estimate of drug-likeness (QED) is 0.364. The molecule has 1 saturated heterocycles. The molecular formula is C21H31NO7. The fourth-order valence-electron chi connectivity index (χ4n) is 4.79. The van der Waals surface area contributed by atoms with Gasteiger partial charge in [0, 0.05) is 30.5 Å². The molecule has 29 heavy (non-hydrogen) atoms. The van der Waals surface area contributed by atoms with E-state index < -0.39 is 17.5 Å². The molecule has 2 fully saturated rings. The van der Waals surface area contributed by atoms with E-state index >= 15 is 0 Å². The largest absolute Gasteiger partial charge is 0.478 e. The van der Waals surface area contributed by atoms with Crippen molar-refractivity contribution in [2.24, 2.45) is 17.8 Å². The Morgan fingerprint density at radius 1 is 1.21 bits per heavy atom. The number of carboxylic acid groups (broad SMARTS) is 2. The van der Waals surface area contributed by atoms with Gasteiger partial charge < -0.3 is 25.0 Å². The van der Waals surface area contributed by atoms with Crippen molar-refractivity contribution in [3.05, 3.63) is 23.3 Å². The van der Waals surface area contributed by atoms with Crippen LogP contribution in [0.5, 0.6) is 0 Å². The first-order valence-corrected chi connectivity index (χ1v) is 9.84. The molecule has 0 aromatic carbocycles. The van der Waals surface area contributed by atoms with Gasteiger partial charge in [-0.05, 0) is 53.6 Å². The van der Waals surface area contributed by atoms with Crippen molar-refractivity contribution in [3.63, 3.8) is 0 Å². The average molecular weight is 409 g/mol. The highest BCUT2D eigenvalue weighted by Gasteiger charge is 2.56. The molecule has 0 bridgehead atoms. The minimum absolute atomic E-state index is 0.00103. The van der Waals surface area contributed by atoms with Crippen LogP contribution < -0.4 is 0 Å². The Hall–Kier alpha value is -2.19. The summed E-state index contributed by atoms with van der Waals surface area (Å²) < 4.78 is 5.80. The summed E-state index contributed by atoms with van der Waals surface area (Å²) in [5.41, 5.74) is 2.02. The van der Waals surface area contributed by atoms with Crippen molar-refractivity contribution >= 4 is 17.9 Å². The normalized spacial score (nSPS) is 33.7. The minimum atomic E-state index is -1.26. The Balaban J connectivity index is 0.000000321. The van der Waals surface area contributed by atoms with Crippen LogP contribution >= 0.6 is 0 Å². The van der Waals surface area contributed by atoms with Gasteiger partial charge in [0.2, 0.25) is 0 Å². The second kappa shape index (κ2) is 9.09. The zero-order valence-electron chi connectivity index (χ0n) is 17.4. The van der Waals surface area contributed by atoms with E-state index in [0.717, 1.165) is 32.2 Å². The van der Waals surface area contributed by atoms with Crippen LogP contribution in [0.25, 0.3) is 0 Å². The first-order valence-electron chi connectivity index (χ1n) is 9.84. The Bertz CT molecular complexity index is 707. The van der Waals surface area contributed by atoms with Gasteiger partial charge in [0.1, 0.15) is 6.10 Å². The maximum atomic E-state index is 12.3. The summed E-state index contributed by atoms with van der Waals surface area (Å²) in [5.74, 6) is -2.39.